The van der Waals surface area contributed by atoms with E-state index in [1.807, 2.05) is 0 Å². The molecule has 2 aliphatic rings. The van der Waals surface area contributed by atoms with E-state index in [9.17, 15) is 13.6 Å². The van der Waals surface area contributed by atoms with Crippen LogP contribution in [0.25, 0.3) is 0 Å². The van der Waals surface area contributed by atoms with E-state index in [0.29, 0.717) is 12.8 Å². The van der Waals surface area contributed by atoms with Crippen LogP contribution in [-0.4, -0.2) is 9.71 Å². The molecule has 0 aliphatic heterocycles. The van der Waals surface area contributed by atoms with Crippen molar-refractivity contribution in [1.29, 1.82) is 0 Å². The SMILES string of the molecule is O=C(I)C1CC2C(C1)C2(F)F. The summed E-state index contributed by atoms with van der Waals surface area (Å²) in [6.45, 7) is 0. The largest absolute Gasteiger partial charge is 0.287 e. The molecule has 0 heterocycles. The summed E-state index contributed by atoms with van der Waals surface area (Å²) in [5, 5.41) is 0. The van der Waals surface area contributed by atoms with E-state index in [-0.39, 0.29) is 9.71 Å². The average Bonchev–Trinajstić information content (AvgIpc) is 2.28. The van der Waals surface area contributed by atoms with Crippen LogP contribution in [0, 0.1) is 17.8 Å². The van der Waals surface area contributed by atoms with Crippen LogP contribution in [0.4, 0.5) is 8.78 Å². The maximum absolute atomic E-state index is 12.6. The highest BCUT2D eigenvalue weighted by Crippen LogP contribution is 2.65. The standard InChI is InChI=1S/C7H7F2IO/c8-7(9)4-1-3(6(10)11)2-5(4)7/h3-5H,1-2H2. The van der Waals surface area contributed by atoms with Gasteiger partial charge in [-0.2, -0.15) is 0 Å². The number of hydrogen-bond donors (Lipinski definition) is 0. The van der Waals surface area contributed by atoms with Crippen molar-refractivity contribution in [3.05, 3.63) is 0 Å². The summed E-state index contributed by atoms with van der Waals surface area (Å²) in [5.74, 6) is -3.44. The van der Waals surface area contributed by atoms with Gasteiger partial charge < -0.3 is 0 Å². The number of carbonyl (C=O) groups is 1. The molecule has 2 fully saturated rings. The van der Waals surface area contributed by atoms with E-state index < -0.39 is 17.8 Å². The zero-order valence-electron chi connectivity index (χ0n) is 5.69. The molecule has 2 rings (SSSR count). The third-order valence-corrected chi connectivity index (χ3v) is 3.64. The molecule has 4 heteroatoms. The summed E-state index contributed by atoms with van der Waals surface area (Å²) < 4.78 is 25.2. The van der Waals surface area contributed by atoms with Gasteiger partial charge in [0.2, 0.25) is 0 Å². The molecule has 11 heavy (non-hydrogen) atoms. The molecule has 0 aromatic heterocycles. The van der Waals surface area contributed by atoms with Gasteiger partial charge in [-0.15, -0.1) is 0 Å². The van der Waals surface area contributed by atoms with Gasteiger partial charge in [0.05, 0.1) is 0 Å². The molecule has 0 aromatic carbocycles. The predicted molar refractivity (Wildman–Crippen MR) is 43.7 cm³/mol. The zero-order valence-corrected chi connectivity index (χ0v) is 7.85. The molecule has 0 amide bonds. The Kier molecular flexibility index (Phi) is 1.54. The highest BCUT2D eigenvalue weighted by molar-refractivity contribution is 14.1. The van der Waals surface area contributed by atoms with Crippen molar-refractivity contribution >= 4 is 26.4 Å². The third-order valence-electron chi connectivity index (χ3n) is 2.76. The fourth-order valence-corrected chi connectivity index (χ4v) is 2.51. The smallest absolute Gasteiger partial charge is 0.254 e. The lowest BCUT2D eigenvalue weighted by molar-refractivity contribution is -0.113. The number of rotatable bonds is 1. The molecule has 0 spiro atoms. The Morgan fingerprint density at radius 2 is 1.82 bits per heavy atom. The van der Waals surface area contributed by atoms with Crippen LogP contribution in [0.3, 0.4) is 0 Å². The molecule has 2 saturated carbocycles. The van der Waals surface area contributed by atoms with E-state index in [1.54, 1.807) is 22.6 Å². The Labute approximate surface area is 76.7 Å². The van der Waals surface area contributed by atoms with Crippen LogP contribution in [0.5, 0.6) is 0 Å². The van der Waals surface area contributed by atoms with Crippen molar-refractivity contribution in [3.63, 3.8) is 0 Å². The molecule has 2 atom stereocenters. The van der Waals surface area contributed by atoms with Crippen LogP contribution < -0.4 is 0 Å². The summed E-state index contributed by atoms with van der Waals surface area (Å²) in [7, 11) is 0. The molecule has 2 unspecified atom stereocenters. The number of halogens is 3. The summed E-state index contributed by atoms with van der Waals surface area (Å²) in [4.78, 5) is 10.8. The van der Waals surface area contributed by atoms with Crippen LogP contribution in [0.1, 0.15) is 12.8 Å². The molecule has 0 radical (unpaired) electrons. The lowest BCUT2D eigenvalue weighted by atomic mass is 10.1. The van der Waals surface area contributed by atoms with Crippen molar-refractivity contribution in [3.8, 4) is 0 Å². The minimum Gasteiger partial charge on any atom is -0.287 e. The Morgan fingerprint density at radius 3 is 2.18 bits per heavy atom. The Morgan fingerprint density at radius 1 is 1.36 bits per heavy atom. The summed E-state index contributed by atoms with van der Waals surface area (Å²) in [6.07, 6.45) is 0.832. The normalized spacial score (nSPS) is 45.2. The molecule has 0 bridgehead atoms. The van der Waals surface area contributed by atoms with Crippen molar-refractivity contribution in [2.45, 2.75) is 18.8 Å². The Hall–Kier alpha value is 0.260. The topological polar surface area (TPSA) is 17.1 Å². The van der Waals surface area contributed by atoms with Gasteiger partial charge in [0.15, 0.2) is 3.79 Å². The van der Waals surface area contributed by atoms with Crippen LogP contribution >= 0.6 is 22.6 Å². The number of hydrogen-bond acceptors (Lipinski definition) is 1. The van der Waals surface area contributed by atoms with E-state index >= 15 is 0 Å². The first-order chi connectivity index (χ1) is 5.03. The summed E-state index contributed by atoms with van der Waals surface area (Å²) in [5.41, 5.74) is 0. The van der Waals surface area contributed by atoms with Gasteiger partial charge in [0.25, 0.3) is 5.92 Å². The summed E-state index contributed by atoms with van der Waals surface area (Å²) >= 11 is 1.70. The highest BCUT2D eigenvalue weighted by Gasteiger charge is 2.71. The minimum absolute atomic E-state index is 0.0469. The molecular formula is C7H7F2IO. The first-order valence-corrected chi connectivity index (χ1v) is 4.68. The molecule has 1 nitrogen and oxygen atoms in total. The predicted octanol–water partition coefficient (Wildman–Crippen LogP) is 2.24. The first kappa shape index (κ1) is 7.89. The molecule has 0 N–H and O–H groups in total. The van der Waals surface area contributed by atoms with Crippen LogP contribution in [-0.2, 0) is 4.79 Å². The Bertz CT molecular complexity index is 202. The quantitative estimate of drug-likeness (QED) is 0.528. The Balaban J connectivity index is 2.00. The minimum atomic E-state index is -2.43. The lowest BCUT2D eigenvalue weighted by Gasteiger charge is -2.08. The second-order valence-corrected chi connectivity index (χ2v) is 4.42. The maximum Gasteiger partial charge on any atom is 0.254 e. The van der Waals surface area contributed by atoms with Crippen molar-refractivity contribution in [2.75, 3.05) is 0 Å². The molecular weight excluding hydrogens is 265 g/mol. The summed E-state index contributed by atoms with van der Waals surface area (Å²) in [6, 6.07) is 0. The van der Waals surface area contributed by atoms with Crippen LogP contribution in [0.15, 0.2) is 0 Å². The van der Waals surface area contributed by atoms with Gasteiger partial charge in [-0.05, 0) is 35.4 Å². The second-order valence-electron chi connectivity index (χ2n) is 3.36. The third kappa shape index (κ3) is 1.02. The van der Waals surface area contributed by atoms with E-state index in [0.717, 1.165) is 0 Å². The fraction of sp³-hybridized carbons (Fsp3) is 0.857. The fourth-order valence-electron chi connectivity index (χ4n) is 2.00. The lowest BCUT2D eigenvalue weighted by Crippen LogP contribution is -2.12. The van der Waals surface area contributed by atoms with Gasteiger partial charge in [-0.25, -0.2) is 8.78 Å². The van der Waals surface area contributed by atoms with Gasteiger partial charge >= 0.3 is 0 Å². The molecule has 62 valence electrons. The van der Waals surface area contributed by atoms with Crippen molar-refractivity contribution in [2.24, 2.45) is 17.8 Å². The average molecular weight is 272 g/mol. The zero-order chi connectivity index (χ0) is 8.22. The maximum atomic E-state index is 12.6. The molecule has 2 aliphatic carbocycles. The van der Waals surface area contributed by atoms with Crippen molar-refractivity contribution < 1.29 is 13.6 Å². The van der Waals surface area contributed by atoms with Gasteiger partial charge in [0, 0.05) is 17.8 Å². The van der Waals surface area contributed by atoms with E-state index in [1.165, 1.54) is 0 Å². The number of fused-ring (bicyclic) bond motifs is 1. The highest BCUT2D eigenvalue weighted by atomic mass is 127. The van der Waals surface area contributed by atoms with Gasteiger partial charge in [-0.1, -0.05) is 0 Å². The first-order valence-electron chi connectivity index (χ1n) is 3.60. The van der Waals surface area contributed by atoms with Gasteiger partial charge in [0.1, 0.15) is 0 Å². The van der Waals surface area contributed by atoms with Crippen molar-refractivity contribution in [1.82, 2.24) is 0 Å². The van der Waals surface area contributed by atoms with Crippen LogP contribution in [0.2, 0.25) is 0 Å². The number of carbonyl (C=O) groups excluding carboxylic acids is 1. The monoisotopic (exact) mass is 272 g/mol. The van der Waals surface area contributed by atoms with Gasteiger partial charge in [-0.3, -0.25) is 4.79 Å². The number of alkyl halides is 2. The second kappa shape index (κ2) is 2.14. The molecule has 0 saturated heterocycles. The van der Waals surface area contributed by atoms with E-state index in [4.69, 9.17) is 0 Å². The molecule has 0 aromatic rings. The van der Waals surface area contributed by atoms with E-state index in [2.05, 4.69) is 0 Å².